The number of nitrogens with one attached hydrogen (secondary N) is 2. The third-order valence-corrected chi connectivity index (χ3v) is 2.40. The van der Waals surface area contributed by atoms with E-state index in [-0.39, 0.29) is 5.82 Å². The number of rotatable bonds is 5. The second-order valence-electron chi connectivity index (χ2n) is 3.87. The van der Waals surface area contributed by atoms with Crippen LogP contribution in [0, 0.1) is 0 Å². The molecule has 0 radical (unpaired) electrons. The standard InChI is InChI=1S/C11H12F3N5/c12-11(13,14)8-3-1-4-9(18-8)15-6-2-5-10-16-7-17-19-10/h1,3-4,7H,2,5-6H2,(H,15,18)(H,16,17,19). The van der Waals surface area contributed by atoms with E-state index in [0.29, 0.717) is 19.4 Å². The van der Waals surface area contributed by atoms with Gasteiger partial charge in [0.1, 0.15) is 23.7 Å². The molecule has 0 aliphatic heterocycles. The van der Waals surface area contributed by atoms with Crippen LogP contribution < -0.4 is 5.32 Å². The Hall–Kier alpha value is -2.12. The summed E-state index contributed by atoms with van der Waals surface area (Å²) in [5.41, 5.74) is -0.896. The highest BCUT2D eigenvalue weighted by Crippen LogP contribution is 2.28. The molecule has 0 bridgehead atoms. The van der Waals surface area contributed by atoms with E-state index in [2.05, 4.69) is 25.5 Å². The van der Waals surface area contributed by atoms with Gasteiger partial charge in [-0.15, -0.1) is 0 Å². The summed E-state index contributed by atoms with van der Waals surface area (Å²) in [4.78, 5) is 7.46. The average Bonchev–Trinajstić information content (AvgIpc) is 2.87. The topological polar surface area (TPSA) is 66.5 Å². The normalized spacial score (nSPS) is 11.5. The molecule has 0 fully saturated rings. The van der Waals surface area contributed by atoms with Crippen molar-refractivity contribution in [2.24, 2.45) is 0 Å². The van der Waals surface area contributed by atoms with E-state index in [4.69, 9.17) is 0 Å². The molecule has 0 aliphatic carbocycles. The zero-order valence-corrected chi connectivity index (χ0v) is 9.91. The predicted molar refractivity (Wildman–Crippen MR) is 62.4 cm³/mol. The number of alkyl halides is 3. The van der Waals surface area contributed by atoms with Crippen LogP contribution in [0.3, 0.4) is 0 Å². The van der Waals surface area contributed by atoms with Crippen LogP contribution in [0.4, 0.5) is 19.0 Å². The van der Waals surface area contributed by atoms with Gasteiger partial charge < -0.3 is 5.32 Å². The number of H-pyrrole nitrogens is 1. The number of hydrogen-bond donors (Lipinski definition) is 2. The number of aryl methyl sites for hydroxylation is 1. The monoisotopic (exact) mass is 271 g/mol. The van der Waals surface area contributed by atoms with Gasteiger partial charge in [0.2, 0.25) is 0 Å². The number of aromatic nitrogens is 4. The molecule has 0 atom stereocenters. The maximum absolute atomic E-state index is 12.4. The van der Waals surface area contributed by atoms with E-state index in [1.54, 1.807) is 0 Å². The van der Waals surface area contributed by atoms with Gasteiger partial charge >= 0.3 is 6.18 Å². The number of anilines is 1. The summed E-state index contributed by atoms with van der Waals surface area (Å²) in [6, 6.07) is 3.78. The quantitative estimate of drug-likeness (QED) is 0.819. The Balaban J connectivity index is 1.83. The first-order valence-corrected chi connectivity index (χ1v) is 5.68. The van der Waals surface area contributed by atoms with Gasteiger partial charge in [0, 0.05) is 13.0 Å². The third kappa shape index (κ3) is 3.94. The molecular weight excluding hydrogens is 259 g/mol. The van der Waals surface area contributed by atoms with Crippen molar-refractivity contribution in [3.63, 3.8) is 0 Å². The van der Waals surface area contributed by atoms with Crippen molar-refractivity contribution < 1.29 is 13.2 Å². The highest BCUT2D eigenvalue weighted by Gasteiger charge is 2.32. The second kappa shape index (κ2) is 5.68. The minimum absolute atomic E-state index is 0.215. The highest BCUT2D eigenvalue weighted by atomic mass is 19.4. The van der Waals surface area contributed by atoms with Crippen LogP contribution >= 0.6 is 0 Å². The van der Waals surface area contributed by atoms with Crippen LogP contribution in [-0.2, 0) is 12.6 Å². The van der Waals surface area contributed by atoms with E-state index < -0.39 is 11.9 Å². The van der Waals surface area contributed by atoms with E-state index in [9.17, 15) is 13.2 Å². The number of pyridine rings is 1. The number of nitrogens with zero attached hydrogens (tertiary/aromatic N) is 3. The van der Waals surface area contributed by atoms with Crippen molar-refractivity contribution in [1.29, 1.82) is 0 Å². The summed E-state index contributed by atoms with van der Waals surface area (Å²) in [5.74, 6) is 0.964. The van der Waals surface area contributed by atoms with Gasteiger partial charge in [0.05, 0.1) is 0 Å². The van der Waals surface area contributed by atoms with Gasteiger partial charge in [-0.05, 0) is 18.6 Å². The van der Waals surface area contributed by atoms with E-state index in [0.717, 1.165) is 11.9 Å². The zero-order chi connectivity index (χ0) is 13.7. The summed E-state index contributed by atoms with van der Waals surface area (Å²) in [5, 5.41) is 9.26. The second-order valence-corrected chi connectivity index (χ2v) is 3.87. The first kappa shape index (κ1) is 13.3. The Morgan fingerprint density at radius 1 is 1.26 bits per heavy atom. The molecule has 0 aliphatic rings. The van der Waals surface area contributed by atoms with Crippen molar-refractivity contribution in [2.75, 3.05) is 11.9 Å². The van der Waals surface area contributed by atoms with Crippen LogP contribution in [-0.4, -0.2) is 26.7 Å². The molecule has 0 saturated carbocycles. The Kier molecular flexibility index (Phi) is 3.98. The van der Waals surface area contributed by atoms with Crippen LogP contribution in [0.2, 0.25) is 0 Å². The Morgan fingerprint density at radius 3 is 2.79 bits per heavy atom. The smallest absolute Gasteiger partial charge is 0.370 e. The third-order valence-electron chi connectivity index (χ3n) is 2.40. The molecule has 102 valence electrons. The lowest BCUT2D eigenvalue weighted by atomic mass is 10.3. The van der Waals surface area contributed by atoms with Gasteiger partial charge in [-0.2, -0.15) is 18.3 Å². The molecule has 2 N–H and O–H groups in total. The zero-order valence-electron chi connectivity index (χ0n) is 9.91. The molecular formula is C11H12F3N5. The Morgan fingerprint density at radius 2 is 2.11 bits per heavy atom. The molecule has 0 spiro atoms. The van der Waals surface area contributed by atoms with E-state index in [1.165, 1.54) is 18.5 Å². The summed E-state index contributed by atoms with van der Waals surface area (Å²) >= 11 is 0. The molecule has 2 aromatic heterocycles. The Bertz CT molecular complexity index is 509. The van der Waals surface area contributed by atoms with Crippen LogP contribution in [0.15, 0.2) is 24.5 Å². The lowest BCUT2D eigenvalue weighted by Crippen LogP contribution is -2.11. The Labute approximate surface area is 107 Å². The summed E-state index contributed by atoms with van der Waals surface area (Å²) in [6.07, 6.45) is -1.62. The molecule has 0 amide bonds. The van der Waals surface area contributed by atoms with Crippen molar-refractivity contribution in [2.45, 2.75) is 19.0 Å². The molecule has 2 heterocycles. The number of halogens is 3. The fourth-order valence-electron chi connectivity index (χ4n) is 1.51. The summed E-state index contributed by atoms with van der Waals surface area (Å²) < 4.78 is 37.3. The van der Waals surface area contributed by atoms with Gasteiger partial charge in [-0.25, -0.2) is 9.97 Å². The average molecular weight is 271 g/mol. The minimum atomic E-state index is -4.42. The molecule has 5 nitrogen and oxygen atoms in total. The SMILES string of the molecule is FC(F)(F)c1cccc(NCCCc2ncn[nH]2)n1. The minimum Gasteiger partial charge on any atom is -0.370 e. The van der Waals surface area contributed by atoms with Crippen LogP contribution in [0.25, 0.3) is 0 Å². The summed E-state index contributed by atoms with van der Waals surface area (Å²) in [6.45, 7) is 0.509. The molecule has 2 rings (SSSR count). The van der Waals surface area contributed by atoms with Crippen molar-refractivity contribution in [1.82, 2.24) is 20.2 Å². The fourth-order valence-corrected chi connectivity index (χ4v) is 1.51. The lowest BCUT2D eigenvalue weighted by molar-refractivity contribution is -0.141. The van der Waals surface area contributed by atoms with Gasteiger partial charge in [0.15, 0.2) is 0 Å². The first-order valence-electron chi connectivity index (χ1n) is 5.68. The molecule has 0 aromatic carbocycles. The van der Waals surface area contributed by atoms with E-state index >= 15 is 0 Å². The maximum Gasteiger partial charge on any atom is 0.433 e. The number of aromatic amines is 1. The fraction of sp³-hybridized carbons (Fsp3) is 0.364. The maximum atomic E-state index is 12.4. The van der Waals surface area contributed by atoms with Crippen molar-refractivity contribution in [3.05, 3.63) is 36.0 Å². The van der Waals surface area contributed by atoms with Crippen molar-refractivity contribution >= 4 is 5.82 Å². The van der Waals surface area contributed by atoms with E-state index in [1.807, 2.05) is 0 Å². The lowest BCUT2D eigenvalue weighted by Gasteiger charge is -2.09. The number of hydrogen-bond acceptors (Lipinski definition) is 4. The van der Waals surface area contributed by atoms with Crippen LogP contribution in [0.5, 0.6) is 0 Å². The van der Waals surface area contributed by atoms with Gasteiger partial charge in [-0.1, -0.05) is 6.07 Å². The van der Waals surface area contributed by atoms with Crippen molar-refractivity contribution in [3.8, 4) is 0 Å². The summed E-state index contributed by atoms with van der Waals surface area (Å²) in [7, 11) is 0. The molecule has 19 heavy (non-hydrogen) atoms. The van der Waals surface area contributed by atoms with Gasteiger partial charge in [-0.3, -0.25) is 5.10 Å². The molecule has 0 saturated heterocycles. The largest absolute Gasteiger partial charge is 0.433 e. The molecule has 8 heteroatoms. The highest BCUT2D eigenvalue weighted by molar-refractivity contribution is 5.35. The first-order chi connectivity index (χ1) is 9.05. The molecule has 0 unspecified atom stereocenters. The predicted octanol–water partition coefficient (Wildman–Crippen LogP) is 2.26. The van der Waals surface area contributed by atoms with Crippen LogP contribution in [0.1, 0.15) is 17.9 Å². The van der Waals surface area contributed by atoms with Gasteiger partial charge in [0.25, 0.3) is 0 Å². The molecule has 2 aromatic rings.